The van der Waals surface area contributed by atoms with Crippen LogP contribution >= 0.6 is 11.6 Å². The number of amides is 1. The van der Waals surface area contributed by atoms with E-state index in [4.69, 9.17) is 21.1 Å². The first-order valence-corrected chi connectivity index (χ1v) is 7.99. The highest BCUT2D eigenvalue weighted by molar-refractivity contribution is 6.31. The van der Waals surface area contributed by atoms with Gasteiger partial charge in [0.2, 0.25) is 0 Å². The molecule has 0 spiro atoms. The molecule has 0 saturated carbocycles. The molecule has 2 aromatic carbocycles. The lowest BCUT2D eigenvalue weighted by molar-refractivity contribution is -0.384. The molecule has 0 unspecified atom stereocenters. The van der Waals surface area contributed by atoms with Crippen LogP contribution in [0, 0.1) is 10.1 Å². The quantitative estimate of drug-likeness (QED) is 0.336. The summed E-state index contributed by atoms with van der Waals surface area (Å²) in [5.41, 5.74) is 0.876. The number of hydrogen-bond acceptors (Lipinski definition) is 6. The predicted molar refractivity (Wildman–Crippen MR) is 99.7 cm³/mol. The number of nitro groups is 1. The normalized spacial score (nSPS) is 10.4. The molecule has 27 heavy (non-hydrogen) atoms. The zero-order valence-corrected chi connectivity index (χ0v) is 14.9. The highest BCUT2D eigenvalue weighted by Crippen LogP contribution is 2.27. The fourth-order valence-electron chi connectivity index (χ4n) is 2.02. The number of nitrogens with zero attached hydrogens (tertiary/aromatic N) is 1. The van der Waals surface area contributed by atoms with Crippen molar-refractivity contribution in [2.75, 3.05) is 19.0 Å². The molecule has 0 radical (unpaired) electrons. The summed E-state index contributed by atoms with van der Waals surface area (Å²) in [6.07, 6.45) is 2.54. The van der Waals surface area contributed by atoms with Crippen LogP contribution in [0.25, 0.3) is 6.08 Å². The Hall–Kier alpha value is -3.39. The maximum absolute atomic E-state index is 11.9. The zero-order valence-electron chi connectivity index (χ0n) is 14.2. The summed E-state index contributed by atoms with van der Waals surface area (Å²) in [4.78, 5) is 33.6. The van der Waals surface area contributed by atoms with Gasteiger partial charge in [0.25, 0.3) is 11.6 Å². The molecule has 0 atom stereocenters. The van der Waals surface area contributed by atoms with Gasteiger partial charge in [0.05, 0.1) is 17.7 Å². The highest BCUT2D eigenvalue weighted by atomic mass is 35.5. The van der Waals surface area contributed by atoms with E-state index in [-0.39, 0.29) is 5.69 Å². The van der Waals surface area contributed by atoms with Crippen LogP contribution in [0.15, 0.2) is 48.5 Å². The van der Waals surface area contributed by atoms with Crippen LogP contribution in [-0.2, 0) is 14.3 Å². The van der Waals surface area contributed by atoms with Gasteiger partial charge >= 0.3 is 5.97 Å². The van der Waals surface area contributed by atoms with Crippen molar-refractivity contribution in [2.45, 2.75) is 0 Å². The van der Waals surface area contributed by atoms with Gasteiger partial charge in [-0.2, -0.15) is 0 Å². The van der Waals surface area contributed by atoms with Crippen LogP contribution in [0.5, 0.6) is 5.75 Å². The molecule has 0 aromatic heterocycles. The van der Waals surface area contributed by atoms with Crippen molar-refractivity contribution in [1.29, 1.82) is 0 Å². The van der Waals surface area contributed by atoms with E-state index < -0.39 is 23.4 Å². The summed E-state index contributed by atoms with van der Waals surface area (Å²) in [6.45, 7) is -0.501. The Kier molecular flexibility index (Phi) is 6.90. The first-order valence-electron chi connectivity index (χ1n) is 7.61. The Bertz CT molecular complexity index is 880. The largest absolute Gasteiger partial charge is 0.495 e. The summed E-state index contributed by atoms with van der Waals surface area (Å²) < 4.78 is 9.95. The lowest BCUT2D eigenvalue weighted by Crippen LogP contribution is -2.20. The van der Waals surface area contributed by atoms with Crippen molar-refractivity contribution >= 4 is 40.9 Å². The van der Waals surface area contributed by atoms with Crippen molar-refractivity contribution in [3.8, 4) is 5.75 Å². The SMILES string of the molecule is COc1ccc(Cl)cc1NC(=O)COC(=O)/C=C/c1ccc([N+](=O)[O-])cc1. The number of halogens is 1. The van der Waals surface area contributed by atoms with E-state index in [9.17, 15) is 19.7 Å². The van der Waals surface area contributed by atoms with Gasteiger partial charge in [0.1, 0.15) is 5.75 Å². The molecule has 2 rings (SSSR count). The number of carbonyl (C=O) groups excluding carboxylic acids is 2. The number of benzene rings is 2. The molecule has 0 saturated heterocycles. The van der Waals surface area contributed by atoms with E-state index in [1.165, 1.54) is 43.5 Å². The zero-order chi connectivity index (χ0) is 19.8. The number of methoxy groups -OCH3 is 1. The van der Waals surface area contributed by atoms with E-state index >= 15 is 0 Å². The first-order chi connectivity index (χ1) is 12.9. The van der Waals surface area contributed by atoms with Crippen LogP contribution in [0.1, 0.15) is 5.56 Å². The molecule has 0 heterocycles. The highest BCUT2D eigenvalue weighted by Gasteiger charge is 2.10. The average Bonchev–Trinajstić information content (AvgIpc) is 2.65. The van der Waals surface area contributed by atoms with Gasteiger partial charge in [-0.1, -0.05) is 11.6 Å². The van der Waals surface area contributed by atoms with Crippen LogP contribution < -0.4 is 10.1 Å². The summed E-state index contributed by atoms with van der Waals surface area (Å²) in [6, 6.07) is 10.3. The third-order valence-corrected chi connectivity index (χ3v) is 3.53. The molecule has 0 bridgehead atoms. The second-order valence-corrected chi connectivity index (χ2v) is 5.62. The van der Waals surface area contributed by atoms with Gasteiger partial charge in [0, 0.05) is 23.2 Å². The van der Waals surface area contributed by atoms with Gasteiger partial charge in [0.15, 0.2) is 6.61 Å². The minimum atomic E-state index is -0.735. The Morgan fingerprint density at radius 2 is 1.93 bits per heavy atom. The standard InChI is InChI=1S/C18H15ClN2O6/c1-26-16-8-5-13(19)10-15(16)20-17(22)11-27-18(23)9-4-12-2-6-14(7-3-12)21(24)25/h2-10H,11H2,1H3,(H,20,22)/b9-4+. The minimum Gasteiger partial charge on any atom is -0.495 e. The fourth-order valence-corrected chi connectivity index (χ4v) is 2.19. The second kappa shape index (κ2) is 9.35. The summed E-state index contributed by atoms with van der Waals surface area (Å²) >= 11 is 5.87. The number of ether oxygens (including phenoxy) is 2. The smallest absolute Gasteiger partial charge is 0.331 e. The van der Waals surface area contributed by atoms with E-state index in [1.807, 2.05) is 0 Å². The van der Waals surface area contributed by atoms with Crippen molar-refractivity contribution < 1.29 is 24.0 Å². The molecule has 9 heteroatoms. The van der Waals surface area contributed by atoms with Crippen LogP contribution in [-0.4, -0.2) is 30.5 Å². The minimum absolute atomic E-state index is 0.0529. The fraction of sp³-hybridized carbons (Fsp3) is 0.111. The molecule has 0 aliphatic heterocycles. The summed E-state index contributed by atoms with van der Waals surface area (Å²) in [5.74, 6) is -0.883. The molecular weight excluding hydrogens is 376 g/mol. The maximum atomic E-state index is 11.9. The van der Waals surface area contributed by atoms with Crippen LogP contribution in [0.3, 0.4) is 0 Å². The number of nitrogens with one attached hydrogen (secondary N) is 1. The number of hydrogen-bond donors (Lipinski definition) is 1. The first kappa shape index (κ1) is 19.9. The van der Waals surface area contributed by atoms with Crippen LogP contribution in [0.4, 0.5) is 11.4 Å². The van der Waals surface area contributed by atoms with E-state index in [0.717, 1.165) is 6.08 Å². The third-order valence-electron chi connectivity index (χ3n) is 3.30. The van der Waals surface area contributed by atoms with Crippen molar-refractivity contribution in [2.24, 2.45) is 0 Å². The molecule has 1 amide bonds. The lowest BCUT2D eigenvalue weighted by atomic mass is 10.2. The number of nitro benzene ring substituents is 1. The molecule has 1 N–H and O–H groups in total. The molecule has 0 aliphatic rings. The molecule has 0 aliphatic carbocycles. The Balaban J connectivity index is 1.87. The second-order valence-electron chi connectivity index (χ2n) is 5.18. The van der Waals surface area contributed by atoms with Crippen molar-refractivity contribution in [3.63, 3.8) is 0 Å². The predicted octanol–water partition coefficient (Wildman–Crippen LogP) is 3.45. The number of non-ortho nitro benzene ring substituents is 1. The van der Waals surface area contributed by atoms with E-state index in [0.29, 0.717) is 22.0 Å². The molecule has 2 aromatic rings. The summed E-state index contributed by atoms with van der Waals surface area (Å²) in [7, 11) is 1.45. The number of anilines is 1. The molecule has 140 valence electrons. The Morgan fingerprint density at radius 3 is 2.56 bits per heavy atom. The average molecular weight is 391 g/mol. The lowest BCUT2D eigenvalue weighted by Gasteiger charge is -2.10. The van der Waals surface area contributed by atoms with Crippen molar-refractivity contribution in [3.05, 3.63) is 69.2 Å². The number of carbonyl (C=O) groups is 2. The van der Waals surface area contributed by atoms with E-state index in [2.05, 4.69) is 5.32 Å². The Labute approximate surface area is 159 Å². The van der Waals surface area contributed by atoms with Crippen LogP contribution in [0.2, 0.25) is 5.02 Å². The number of esters is 1. The van der Waals surface area contributed by atoms with E-state index in [1.54, 1.807) is 12.1 Å². The molecule has 0 fully saturated rings. The van der Waals surface area contributed by atoms with Gasteiger partial charge in [-0.15, -0.1) is 0 Å². The van der Waals surface area contributed by atoms with Gasteiger partial charge in [-0.25, -0.2) is 4.79 Å². The van der Waals surface area contributed by atoms with Gasteiger partial charge < -0.3 is 14.8 Å². The van der Waals surface area contributed by atoms with Gasteiger partial charge in [-0.3, -0.25) is 14.9 Å². The topological polar surface area (TPSA) is 108 Å². The molecule has 8 nitrogen and oxygen atoms in total. The van der Waals surface area contributed by atoms with Gasteiger partial charge in [-0.05, 0) is 42.0 Å². The monoisotopic (exact) mass is 390 g/mol. The molecular formula is C18H15ClN2O6. The maximum Gasteiger partial charge on any atom is 0.331 e. The van der Waals surface area contributed by atoms with Crippen molar-refractivity contribution in [1.82, 2.24) is 0 Å². The third kappa shape index (κ3) is 6.12. The number of rotatable bonds is 7. The Morgan fingerprint density at radius 1 is 1.22 bits per heavy atom. The summed E-state index contributed by atoms with van der Waals surface area (Å²) in [5, 5.41) is 13.5.